The van der Waals surface area contributed by atoms with Gasteiger partial charge in [0, 0.05) is 32.4 Å². The Balaban J connectivity index is 1.54. The van der Waals surface area contributed by atoms with E-state index in [1.54, 1.807) is 63.8 Å². The van der Waals surface area contributed by atoms with E-state index < -0.39 is 29.0 Å². The summed E-state index contributed by atoms with van der Waals surface area (Å²) >= 11 is 0. The summed E-state index contributed by atoms with van der Waals surface area (Å²) in [5, 5.41) is 5.22. The third-order valence-electron chi connectivity index (χ3n) is 5.67. The lowest BCUT2D eigenvalue weighted by Gasteiger charge is -2.38. The zero-order chi connectivity index (χ0) is 28.8. The smallest absolute Gasteiger partial charge is 0.408 e. The van der Waals surface area contributed by atoms with Gasteiger partial charge < -0.3 is 24.6 Å². The molecule has 0 radical (unpaired) electrons. The Morgan fingerprint density at radius 1 is 0.974 bits per heavy atom. The first kappa shape index (κ1) is 29.1. The van der Waals surface area contributed by atoms with Crippen LogP contribution < -0.4 is 21.1 Å². The minimum absolute atomic E-state index is 0.0656. The van der Waals surface area contributed by atoms with Crippen molar-refractivity contribution in [3.05, 3.63) is 47.0 Å². The summed E-state index contributed by atoms with van der Waals surface area (Å²) in [5.41, 5.74) is -1.94. The van der Waals surface area contributed by atoms with Crippen molar-refractivity contribution in [3.8, 4) is 11.4 Å². The van der Waals surface area contributed by atoms with Crippen LogP contribution in [-0.2, 0) is 14.3 Å². The number of nitrogens with zero attached hydrogens (tertiary/aromatic N) is 4. The van der Waals surface area contributed by atoms with E-state index >= 15 is 0 Å². The van der Waals surface area contributed by atoms with Gasteiger partial charge in [-0.05, 0) is 65.0 Å². The van der Waals surface area contributed by atoms with Crippen LogP contribution in [0.15, 0.2) is 41.3 Å². The molecule has 0 unspecified atom stereocenters. The van der Waals surface area contributed by atoms with Gasteiger partial charge in [0.05, 0.1) is 5.69 Å². The topological polar surface area (TPSA) is 152 Å². The van der Waals surface area contributed by atoms with Crippen molar-refractivity contribution in [1.29, 1.82) is 0 Å². The molecule has 0 atom stereocenters. The van der Waals surface area contributed by atoms with Gasteiger partial charge in [0.2, 0.25) is 5.91 Å². The fourth-order valence-electron chi connectivity index (χ4n) is 3.81. The molecule has 13 nitrogen and oxygen atoms in total. The van der Waals surface area contributed by atoms with Crippen LogP contribution >= 0.6 is 0 Å². The van der Waals surface area contributed by atoms with E-state index in [0.717, 1.165) is 0 Å². The molecule has 0 aliphatic carbocycles. The van der Waals surface area contributed by atoms with Crippen molar-refractivity contribution in [2.75, 3.05) is 38.1 Å². The van der Waals surface area contributed by atoms with Crippen molar-refractivity contribution in [1.82, 2.24) is 24.7 Å². The number of anilines is 1. The van der Waals surface area contributed by atoms with Gasteiger partial charge in [-0.15, -0.1) is 0 Å². The lowest BCUT2D eigenvalue weighted by molar-refractivity contribution is -0.138. The number of nitrogens with one attached hydrogen (secondary N) is 2. The largest absolute Gasteiger partial charge is 0.486 e. The number of piperazine rings is 1. The summed E-state index contributed by atoms with van der Waals surface area (Å²) in [7, 11) is 0. The highest BCUT2D eigenvalue weighted by Gasteiger charge is 2.36. The molecule has 0 saturated carbocycles. The van der Waals surface area contributed by atoms with Crippen LogP contribution in [-0.4, -0.2) is 87.6 Å². The van der Waals surface area contributed by atoms with E-state index in [1.807, 2.05) is 0 Å². The quantitative estimate of drug-likeness (QED) is 0.503. The first-order valence-corrected chi connectivity index (χ1v) is 12.4. The van der Waals surface area contributed by atoms with Gasteiger partial charge in [-0.1, -0.05) is 0 Å². The highest BCUT2D eigenvalue weighted by Crippen LogP contribution is 2.16. The van der Waals surface area contributed by atoms with E-state index in [0.29, 0.717) is 17.7 Å². The van der Waals surface area contributed by atoms with Gasteiger partial charge in [0.25, 0.3) is 0 Å². The number of aldehydes is 1. The maximum atomic E-state index is 13.0. The Kier molecular flexibility index (Phi) is 8.94. The van der Waals surface area contributed by atoms with Crippen LogP contribution in [0.1, 0.15) is 34.6 Å². The Bertz CT molecular complexity index is 1260. The zero-order valence-corrected chi connectivity index (χ0v) is 22.7. The number of hydrogen-bond acceptors (Lipinski definition) is 8. The standard InChI is InChI=1S/C26H34N6O7/c1-25(2,3)39-24(37)29-26(4,5)21(34)30-12-14-31(15-13-30)22(35)27-20-10-11-32(23(36)28-20)18-6-8-19(9-7-18)38-17-16-33/h6-11,16H,12-15,17H2,1-5H3,(H,29,37)(H,27,28,35,36). The molecular weight excluding hydrogens is 508 g/mol. The fraction of sp³-hybridized carbons (Fsp3) is 0.462. The number of amides is 4. The summed E-state index contributed by atoms with van der Waals surface area (Å²) in [4.78, 5) is 67.9. The predicted molar refractivity (Wildman–Crippen MR) is 142 cm³/mol. The third-order valence-corrected chi connectivity index (χ3v) is 5.67. The number of hydrogen-bond donors (Lipinski definition) is 2. The van der Waals surface area contributed by atoms with Gasteiger partial charge in [0.15, 0.2) is 6.29 Å². The molecule has 0 spiro atoms. The number of urea groups is 1. The van der Waals surface area contributed by atoms with Crippen LogP contribution in [0.5, 0.6) is 5.75 Å². The summed E-state index contributed by atoms with van der Waals surface area (Å²) in [6.07, 6.45) is 1.44. The molecule has 2 N–H and O–H groups in total. The average molecular weight is 543 g/mol. The highest BCUT2D eigenvalue weighted by atomic mass is 16.6. The second kappa shape index (κ2) is 12.0. The first-order valence-electron chi connectivity index (χ1n) is 12.4. The summed E-state index contributed by atoms with van der Waals surface area (Å²) in [6.45, 7) is 9.40. The van der Waals surface area contributed by atoms with E-state index in [4.69, 9.17) is 9.47 Å². The number of rotatable bonds is 7. The maximum absolute atomic E-state index is 13.0. The number of aromatic nitrogens is 2. The summed E-state index contributed by atoms with van der Waals surface area (Å²) < 4.78 is 11.7. The molecular formula is C26H34N6O7. The Hall–Kier alpha value is -4.42. The molecule has 4 amide bonds. The number of alkyl carbamates (subject to hydrolysis) is 1. The summed E-state index contributed by atoms with van der Waals surface area (Å²) in [5.74, 6) is 0.288. The molecule has 1 aromatic carbocycles. The van der Waals surface area contributed by atoms with Gasteiger partial charge in [0.1, 0.15) is 29.3 Å². The molecule has 1 aliphatic rings. The lowest BCUT2D eigenvalue weighted by atomic mass is 10.0. The van der Waals surface area contributed by atoms with Crippen LogP contribution in [0.3, 0.4) is 0 Å². The molecule has 2 heterocycles. The Morgan fingerprint density at radius 2 is 1.59 bits per heavy atom. The number of carbonyl (C=O) groups is 4. The third kappa shape index (κ3) is 8.03. The molecule has 1 fully saturated rings. The molecule has 13 heteroatoms. The lowest BCUT2D eigenvalue weighted by Crippen LogP contribution is -2.60. The second-order valence-corrected chi connectivity index (χ2v) is 10.4. The van der Waals surface area contributed by atoms with Gasteiger partial charge in [-0.2, -0.15) is 4.98 Å². The minimum Gasteiger partial charge on any atom is -0.486 e. The summed E-state index contributed by atoms with van der Waals surface area (Å²) in [6, 6.07) is 7.59. The van der Waals surface area contributed by atoms with Crippen molar-refractivity contribution >= 4 is 30.1 Å². The van der Waals surface area contributed by atoms with Crippen LogP contribution in [0, 0.1) is 0 Å². The van der Waals surface area contributed by atoms with Crippen molar-refractivity contribution in [2.24, 2.45) is 0 Å². The van der Waals surface area contributed by atoms with Crippen LogP contribution in [0.2, 0.25) is 0 Å². The fourth-order valence-corrected chi connectivity index (χ4v) is 3.81. The normalized spacial score (nSPS) is 13.9. The van der Waals surface area contributed by atoms with Crippen LogP contribution in [0.4, 0.5) is 15.4 Å². The molecule has 3 rings (SSSR count). The minimum atomic E-state index is -1.19. The highest BCUT2D eigenvalue weighted by molar-refractivity contribution is 5.90. The molecule has 39 heavy (non-hydrogen) atoms. The van der Waals surface area contributed by atoms with Crippen molar-refractivity contribution < 1.29 is 28.7 Å². The Morgan fingerprint density at radius 3 is 2.15 bits per heavy atom. The maximum Gasteiger partial charge on any atom is 0.408 e. The van der Waals surface area contributed by atoms with Gasteiger partial charge >= 0.3 is 17.8 Å². The Labute approximate surface area is 226 Å². The molecule has 2 aromatic rings. The van der Waals surface area contributed by atoms with Gasteiger partial charge in [-0.3, -0.25) is 19.5 Å². The second-order valence-electron chi connectivity index (χ2n) is 10.4. The molecule has 1 saturated heterocycles. The van der Waals surface area contributed by atoms with E-state index in [9.17, 15) is 24.0 Å². The zero-order valence-electron chi connectivity index (χ0n) is 22.7. The SMILES string of the molecule is CC(C)(C)OC(=O)NC(C)(C)C(=O)N1CCN(C(=O)Nc2ccn(-c3ccc(OCC=O)cc3)c(=O)n2)CC1. The molecule has 1 aromatic heterocycles. The molecule has 0 bridgehead atoms. The predicted octanol–water partition coefficient (Wildman–Crippen LogP) is 1.79. The van der Waals surface area contributed by atoms with E-state index in [2.05, 4.69) is 15.6 Å². The number of carbonyl (C=O) groups excluding carboxylic acids is 4. The number of benzene rings is 1. The average Bonchev–Trinajstić information content (AvgIpc) is 2.86. The monoisotopic (exact) mass is 542 g/mol. The van der Waals surface area contributed by atoms with Crippen molar-refractivity contribution in [2.45, 2.75) is 45.8 Å². The van der Waals surface area contributed by atoms with Crippen LogP contribution in [0.25, 0.3) is 5.69 Å². The van der Waals surface area contributed by atoms with Crippen molar-refractivity contribution in [3.63, 3.8) is 0 Å². The number of ether oxygens (including phenoxy) is 2. The van der Waals surface area contributed by atoms with E-state index in [-0.39, 0.29) is 44.5 Å². The first-order chi connectivity index (χ1) is 18.3. The molecule has 210 valence electrons. The van der Waals surface area contributed by atoms with Gasteiger partial charge in [-0.25, -0.2) is 14.4 Å². The van der Waals surface area contributed by atoms with E-state index in [1.165, 1.54) is 21.7 Å². The molecule has 1 aliphatic heterocycles.